The van der Waals surface area contributed by atoms with Crippen LogP contribution in [0.1, 0.15) is 25.7 Å². The van der Waals surface area contributed by atoms with Crippen LogP contribution in [0.4, 0.5) is 5.69 Å². The van der Waals surface area contributed by atoms with Gasteiger partial charge in [-0.05, 0) is 63.5 Å². The summed E-state index contributed by atoms with van der Waals surface area (Å²) < 4.78 is 0. The van der Waals surface area contributed by atoms with Gasteiger partial charge in [-0.3, -0.25) is 9.69 Å². The zero-order chi connectivity index (χ0) is 14.7. The molecule has 2 saturated heterocycles. The molecule has 0 bridgehead atoms. The fourth-order valence-electron chi connectivity index (χ4n) is 3.44. The lowest BCUT2D eigenvalue weighted by Gasteiger charge is -2.35. The number of carbonyl (C=O) groups is 1. The van der Waals surface area contributed by atoms with E-state index in [1.54, 1.807) is 6.07 Å². The Hall–Kier alpha value is -1.10. The quantitative estimate of drug-likeness (QED) is 0.902. The third-order valence-corrected chi connectivity index (χ3v) is 4.70. The van der Waals surface area contributed by atoms with Gasteiger partial charge < -0.3 is 10.6 Å². The number of nitrogens with zero attached hydrogens (tertiary/aromatic N) is 1. The van der Waals surface area contributed by atoms with Crippen molar-refractivity contribution in [3.63, 3.8) is 0 Å². The monoisotopic (exact) mass is 307 g/mol. The molecule has 1 aromatic carbocycles. The minimum absolute atomic E-state index is 0.00656. The maximum atomic E-state index is 12.6. The Bertz CT molecular complexity index is 502. The van der Waals surface area contributed by atoms with E-state index in [0.29, 0.717) is 11.1 Å². The van der Waals surface area contributed by atoms with Gasteiger partial charge in [0.15, 0.2) is 0 Å². The van der Waals surface area contributed by atoms with Gasteiger partial charge in [-0.1, -0.05) is 17.7 Å². The first-order valence-corrected chi connectivity index (χ1v) is 8.15. The molecule has 1 unspecified atom stereocenters. The summed E-state index contributed by atoms with van der Waals surface area (Å²) in [5.74, 6) is 0.105. The van der Waals surface area contributed by atoms with Crippen LogP contribution in [-0.2, 0) is 4.79 Å². The summed E-state index contributed by atoms with van der Waals surface area (Å²) in [6.45, 7) is 3.16. The Morgan fingerprint density at radius 3 is 2.86 bits per heavy atom. The van der Waals surface area contributed by atoms with Gasteiger partial charge in [0, 0.05) is 16.8 Å². The highest BCUT2D eigenvalue weighted by Crippen LogP contribution is 2.25. The largest absolute Gasteiger partial charge is 0.325 e. The standard InChI is InChI=1S/C16H22ClN3O/c17-12-3-1-4-13(11-12)19-16(21)15-5-2-10-20(15)14-6-8-18-9-7-14/h1,3-4,11,14-15,18H,2,5-10H2,(H,19,21). The van der Waals surface area contributed by atoms with Crippen molar-refractivity contribution in [2.75, 3.05) is 25.0 Å². The number of benzene rings is 1. The molecule has 0 aromatic heterocycles. The van der Waals surface area contributed by atoms with E-state index in [1.807, 2.05) is 18.2 Å². The summed E-state index contributed by atoms with van der Waals surface area (Å²) >= 11 is 5.97. The summed E-state index contributed by atoms with van der Waals surface area (Å²) in [5, 5.41) is 7.05. The van der Waals surface area contributed by atoms with E-state index in [1.165, 1.54) is 0 Å². The highest BCUT2D eigenvalue weighted by Gasteiger charge is 2.35. The number of hydrogen-bond acceptors (Lipinski definition) is 3. The fraction of sp³-hybridized carbons (Fsp3) is 0.562. The second kappa shape index (κ2) is 6.77. The van der Waals surface area contributed by atoms with Gasteiger partial charge >= 0.3 is 0 Å². The first kappa shape index (κ1) is 14.8. The number of anilines is 1. The fourth-order valence-corrected chi connectivity index (χ4v) is 3.63. The highest BCUT2D eigenvalue weighted by atomic mass is 35.5. The number of halogens is 1. The molecule has 1 amide bonds. The number of piperidine rings is 1. The molecule has 0 radical (unpaired) electrons. The number of nitrogens with one attached hydrogen (secondary N) is 2. The zero-order valence-corrected chi connectivity index (χ0v) is 12.9. The SMILES string of the molecule is O=C(Nc1cccc(Cl)c1)C1CCCN1C1CCNCC1. The molecule has 0 spiro atoms. The van der Waals surface area contributed by atoms with Crippen LogP contribution >= 0.6 is 11.6 Å². The number of likely N-dealkylation sites (tertiary alicyclic amines) is 1. The molecular formula is C16H22ClN3O. The van der Waals surface area contributed by atoms with E-state index in [-0.39, 0.29) is 11.9 Å². The number of carbonyl (C=O) groups excluding carboxylic acids is 1. The maximum absolute atomic E-state index is 12.6. The van der Waals surface area contributed by atoms with Crippen molar-refractivity contribution in [1.29, 1.82) is 0 Å². The Morgan fingerprint density at radius 2 is 2.10 bits per heavy atom. The van der Waals surface area contributed by atoms with Crippen molar-refractivity contribution in [2.24, 2.45) is 0 Å². The van der Waals surface area contributed by atoms with Gasteiger partial charge in [-0.2, -0.15) is 0 Å². The molecule has 0 saturated carbocycles. The summed E-state index contributed by atoms with van der Waals surface area (Å²) in [6, 6.07) is 7.90. The third-order valence-electron chi connectivity index (χ3n) is 4.47. The van der Waals surface area contributed by atoms with Gasteiger partial charge in [-0.15, -0.1) is 0 Å². The smallest absolute Gasteiger partial charge is 0.241 e. The lowest BCUT2D eigenvalue weighted by atomic mass is 10.0. The molecule has 1 atom stereocenters. The van der Waals surface area contributed by atoms with Gasteiger partial charge in [0.05, 0.1) is 6.04 Å². The molecule has 114 valence electrons. The van der Waals surface area contributed by atoms with Crippen molar-refractivity contribution >= 4 is 23.2 Å². The summed E-state index contributed by atoms with van der Waals surface area (Å²) in [5.41, 5.74) is 0.782. The van der Waals surface area contributed by atoms with Gasteiger partial charge in [0.1, 0.15) is 0 Å². The van der Waals surface area contributed by atoms with Crippen LogP contribution in [0.15, 0.2) is 24.3 Å². The predicted molar refractivity (Wildman–Crippen MR) is 85.7 cm³/mol. The molecule has 2 fully saturated rings. The summed E-state index contributed by atoms with van der Waals surface area (Å²) in [7, 11) is 0. The van der Waals surface area contributed by atoms with Crippen LogP contribution in [0.2, 0.25) is 5.02 Å². The molecule has 4 nitrogen and oxygen atoms in total. The Labute approximate surface area is 130 Å². The molecular weight excluding hydrogens is 286 g/mol. The summed E-state index contributed by atoms with van der Waals surface area (Å²) in [6.07, 6.45) is 4.34. The molecule has 2 aliphatic heterocycles. The second-order valence-electron chi connectivity index (χ2n) is 5.88. The van der Waals surface area contributed by atoms with Crippen LogP contribution in [0.5, 0.6) is 0 Å². The van der Waals surface area contributed by atoms with E-state index in [9.17, 15) is 4.79 Å². The van der Waals surface area contributed by atoms with Gasteiger partial charge in [-0.25, -0.2) is 0 Å². The van der Waals surface area contributed by atoms with Gasteiger partial charge in [0.25, 0.3) is 0 Å². The van der Waals surface area contributed by atoms with E-state index < -0.39 is 0 Å². The average molecular weight is 308 g/mol. The molecule has 5 heteroatoms. The molecule has 3 rings (SSSR count). The maximum Gasteiger partial charge on any atom is 0.241 e. The minimum atomic E-state index is 0.00656. The first-order chi connectivity index (χ1) is 10.2. The van der Waals surface area contributed by atoms with E-state index in [4.69, 9.17) is 11.6 Å². The highest BCUT2D eigenvalue weighted by molar-refractivity contribution is 6.30. The summed E-state index contributed by atoms with van der Waals surface area (Å²) in [4.78, 5) is 15.0. The van der Waals surface area contributed by atoms with Crippen molar-refractivity contribution in [3.8, 4) is 0 Å². The molecule has 2 aliphatic rings. The Balaban J connectivity index is 1.65. The van der Waals surface area contributed by atoms with E-state index in [0.717, 1.165) is 51.0 Å². The first-order valence-electron chi connectivity index (χ1n) is 7.77. The van der Waals surface area contributed by atoms with Crippen molar-refractivity contribution in [3.05, 3.63) is 29.3 Å². The topological polar surface area (TPSA) is 44.4 Å². The number of hydrogen-bond donors (Lipinski definition) is 2. The number of amides is 1. The van der Waals surface area contributed by atoms with E-state index >= 15 is 0 Å². The molecule has 21 heavy (non-hydrogen) atoms. The molecule has 2 N–H and O–H groups in total. The average Bonchev–Trinajstić information content (AvgIpc) is 2.98. The van der Waals surface area contributed by atoms with Gasteiger partial charge in [0.2, 0.25) is 5.91 Å². The third kappa shape index (κ3) is 3.57. The normalized spacial score (nSPS) is 24.1. The molecule has 0 aliphatic carbocycles. The Kier molecular flexibility index (Phi) is 4.78. The van der Waals surface area contributed by atoms with Crippen LogP contribution in [-0.4, -0.2) is 42.5 Å². The van der Waals surface area contributed by atoms with Crippen LogP contribution in [0.25, 0.3) is 0 Å². The van der Waals surface area contributed by atoms with Crippen molar-refractivity contribution in [1.82, 2.24) is 10.2 Å². The molecule has 2 heterocycles. The van der Waals surface area contributed by atoms with Crippen molar-refractivity contribution in [2.45, 2.75) is 37.8 Å². The predicted octanol–water partition coefficient (Wildman–Crippen LogP) is 2.49. The van der Waals surface area contributed by atoms with Crippen molar-refractivity contribution < 1.29 is 4.79 Å². The Morgan fingerprint density at radius 1 is 1.29 bits per heavy atom. The van der Waals surface area contributed by atoms with Crippen LogP contribution in [0, 0.1) is 0 Å². The lowest BCUT2D eigenvalue weighted by Crippen LogP contribution is -2.49. The zero-order valence-electron chi connectivity index (χ0n) is 12.1. The van der Waals surface area contributed by atoms with Crippen LogP contribution < -0.4 is 10.6 Å². The van der Waals surface area contributed by atoms with E-state index in [2.05, 4.69) is 15.5 Å². The number of rotatable bonds is 3. The molecule has 1 aromatic rings. The van der Waals surface area contributed by atoms with Crippen LogP contribution in [0.3, 0.4) is 0 Å². The lowest BCUT2D eigenvalue weighted by molar-refractivity contribution is -0.121. The second-order valence-corrected chi connectivity index (χ2v) is 6.31. The minimum Gasteiger partial charge on any atom is -0.325 e.